The predicted molar refractivity (Wildman–Crippen MR) is 24.5 cm³/mol. The summed E-state index contributed by atoms with van der Waals surface area (Å²) >= 11 is 0. The molecule has 1 radical (unpaired) electrons. The van der Waals surface area contributed by atoms with Gasteiger partial charge >= 0.3 is 5.97 Å². The third-order valence-corrected chi connectivity index (χ3v) is 0.745. The van der Waals surface area contributed by atoms with E-state index in [1.807, 2.05) is 6.42 Å². The van der Waals surface area contributed by atoms with E-state index in [4.69, 9.17) is 0 Å². The highest BCUT2D eigenvalue weighted by molar-refractivity contribution is 5.66. The molecule has 2 nitrogen and oxygen atoms in total. The van der Waals surface area contributed by atoms with Crippen molar-refractivity contribution in [2.45, 2.75) is 19.4 Å². The Labute approximate surface area is 42.5 Å². The first-order chi connectivity index (χ1) is 3.29. The monoisotopic (exact) mass is 99.0 g/mol. The molecule has 1 unspecified atom stereocenters. The topological polar surface area (TPSA) is 26.3 Å². The van der Waals surface area contributed by atoms with Crippen LogP contribution in [0.25, 0.3) is 0 Å². The Balaban J connectivity index is 2.08. The van der Waals surface area contributed by atoms with Crippen LogP contribution in [0.5, 0.6) is 0 Å². The van der Waals surface area contributed by atoms with Gasteiger partial charge in [-0.2, -0.15) is 0 Å². The minimum Gasteiger partial charge on any atom is -0.462 e. The number of carbonyl (C=O) groups excluding carboxylic acids is 1. The summed E-state index contributed by atoms with van der Waals surface area (Å²) in [6, 6.07) is 0. The maximum Gasteiger partial charge on any atom is 0.302 e. The Morgan fingerprint density at radius 3 is 2.71 bits per heavy atom. The molecule has 0 spiro atoms. The second-order valence-corrected chi connectivity index (χ2v) is 1.62. The number of carbonyl (C=O) groups is 1. The molecule has 0 aliphatic heterocycles. The van der Waals surface area contributed by atoms with Crippen molar-refractivity contribution in [2.24, 2.45) is 0 Å². The minimum atomic E-state index is -0.182. The summed E-state index contributed by atoms with van der Waals surface area (Å²) < 4.78 is 4.67. The van der Waals surface area contributed by atoms with Gasteiger partial charge in [-0.25, -0.2) is 0 Å². The second kappa shape index (κ2) is 1.52. The van der Waals surface area contributed by atoms with E-state index < -0.39 is 0 Å². The molecular formula is C5H7O2. The van der Waals surface area contributed by atoms with E-state index in [0.29, 0.717) is 0 Å². The molecule has 0 amide bonds. The Kier molecular flexibility index (Phi) is 1.01. The van der Waals surface area contributed by atoms with Crippen LogP contribution in [0.1, 0.15) is 13.3 Å². The normalized spacial score (nSPS) is 19.0. The highest BCUT2D eigenvalue weighted by atomic mass is 16.5. The van der Waals surface area contributed by atoms with Crippen molar-refractivity contribution in [2.75, 3.05) is 0 Å². The lowest BCUT2D eigenvalue weighted by molar-refractivity contribution is -0.141. The summed E-state index contributed by atoms with van der Waals surface area (Å²) in [7, 11) is 0. The van der Waals surface area contributed by atoms with Gasteiger partial charge in [0.2, 0.25) is 0 Å². The summed E-state index contributed by atoms with van der Waals surface area (Å²) in [5.41, 5.74) is 0. The molecule has 0 aromatic rings. The van der Waals surface area contributed by atoms with Crippen molar-refractivity contribution in [1.82, 2.24) is 0 Å². The van der Waals surface area contributed by atoms with Gasteiger partial charge < -0.3 is 4.74 Å². The van der Waals surface area contributed by atoms with Gasteiger partial charge in [-0.1, -0.05) is 0 Å². The Morgan fingerprint density at radius 1 is 2.00 bits per heavy atom. The molecular weight excluding hydrogens is 92.1 g/mol. The van der Waals surface area contributed by atoms with Gasteiger partial charge in [0.1, 0.15) is 6.10 Å². The van der Waals surface area contributed by atoms with Gasteiger partial charge in [-0.3, -0.25) is 4.79 Å². The lowest BCUT2D eigenvalue weighted by atomic mass is 10.7. The smallest absolute Gasteiger partial charge is 0.302 e. The molecule has 0 aromatic heterocycles. The zero-order valence-corrected chi connectivity index (χ0v) is 4.18. The largest absolute Gasteiger partial charge is 0.462 e. The highest BCUT2D eigenvalue weighted by Crippen LogP contribution is 2.21. The number of rotatable bonds is 1. The third kappa shape index (κ3) is 1.57. The molecule has 1 saturated carbocycles. The lowest BCUT2D eigenvalue weighted by Gasteiger charge is -1.92. The van der Waals surface area contributed by atoms with E-state index in [0.717, 1.165) is 6.42 Å². The molecule has 39 valence electrons. The summed E-state index contributed by atoms with van der Waals surface area (Å²) in [5.74, 6) is -0.182. The quantitative estimate of drug-likeness (QED) is 0.448. The summed E-state index contributed by atoms with van der Waals surface area (Å²) in [4.78, 5) is 10.1. The Bertz CT molecular complexity index is 84.1. The van der Waals surface area contributed by atoms with E-state index in [9.17, 15) is 4.79 Å². The van der Waals surface area contributed by atoms with E-state index in [1.165, 1.54) is 6.92 Å². The van der Waals surface area contributed by atoms with Gasteiger partial charge in [0.05, 0.1) is 0 Å². The molecule has 0 saturated heterocycles. The zero-order valence-electron chi connectivity index (χ0n) is 4.18. The van der Waals surface area contributed by atoms with Crippen molar-refractivity contribution in [3.05, 3.63) is 6.42 Å². The van der Waals surface area contributed by atoms with Crippen molar-refractivity contribution in [3.63, 3.8) is 0 Å². The van der Waals surface area contributed by atoms with Gasteiger partial charge in [0.15, 0.2) is 0 Å². The van der Waals surface area contributed by atoms with Gasteiger partial charge in [0.25, 0.3) is 0 Å². The van der Waals surface area contributed by atoms with Gasteiger partial charge in [0, 0.05) is 13.3 Å². The fourth-order valence-electron chi connectivity index (χ4n) is 0.365. The van der Waals surface area contributed by atoms with E-state index >= 15 is 0 Å². The zero-order chi connectivity index (χ0) is 5.28. The first-order valence-corrected chi connectivity index (χ1v) is 2.29. The first-order valence-electron chi connectivity index (χ1n) is 2.29. The van der Waals surface area contributed by atoms with E-state index in [2.05, 4.69) is 4.74 Å². The number of ether oxygens (including phenoxy) is 1. The average Bonchev–Trinajstić information content (AvgIpc) is 2.17. The molecule has 1 aliphatic rings. The van der Waals surface area contributed by atoms with Crippen LogP contribution in [0.2, 0.25) is 0 Å². The van der Waals surface area contributed by atoms with Crippen LogP contribution < -0.4 is 0 Å². The third-order valence-electron chi connectivity index (χ3n) is 0.745. The van der Waals surface area contributed by atoms with Crippen LogP contribution in [-0.4, -0.2) is 12.1 Å². The van der Waals surface area contributed by atoms with Crippen molar-refractivity contribution in [1.29, 1.82) is 0 Å². The lowest BCUT2D eigenvalue weighted by Crippen LogP contribution is -1.98. The minimum absolute atomic E-state index is 0.150. The fraction of sp³-hybridized carbons (Fsp3) is 0.600. The molecule has 0 N–H and O–H groups in total. The van der Waals surface area contributed by atoms with Crippen molar-refractivity contribution in [3.8, 4) is 0 Å². The number of hydrogen-bond acceptors (Lipinski definition) is 2. The molecule has 7 heavy (non-hydrogen) atoms. The van der Waals surface area contributed by atoms with Gasteiger partial charge in [-0.15, -0.1) is 0 Å². The van der Waals surface area contributed by atoms with Crippen LogP contribution in [-0.2, 0) is 9.53 Å². The Hall–Kier alpha value is -0.530. The van der Waals surface area contributed by atoms with E-state index in [1.54, 1.807) is 0 Å². The van der Waals surface area contributed by atoms with Crippen LogP contribution in [0, 0.1) is 6.42 Å². The van der Waals surface area contributed by atoms with Crippen LogP contribution in [0.15, 0.2) is 0 Å². The van der Waals surface area contributed by atoms with Crippen LogP contribution in [0.3, 0.4) is 0 Å². The molecule has 1 rings (SSSR count). The molecule has 1 atom stereocenters. The molecule has 1 aliphatic carbocycles. The summed E-state index contributed by atoms with van der Waals surface area (Å²) in [5, 5.41) is 0. The highest BCUT2D eigenvalue weighted by Gasteiger charge is 2.24. The van der Waals surface area contributed by atoms with Crippen molar-refractivity contribution >= 4 is 5.97 Å². The Morgan fingerprint density at radius 2 is 2.57 bits per heavy atom. The average molecular weight is 99.1 g/mol. The first kappa shape index (κ1) is 4.62. The van der Waals surface area contributed by atoms with Crippen molar-refractivity contribution < 1.29 is 9.53 Å². The second-order valence-electron chi connectivity index (χ2n) is 1.62. The van der Waals surface area contributed by atoms with E-state index in [-0.39, 0.29) is 12.1 Å². The predicted octanol–water partition coefficient (Wildman–Crippen LogP) is 0.526. The fourth-order valence-corrected chi connectivity index (χ4v) is 0.365. The number of hydrogen-bond donors (Lipinski definition) is 0. The standard InChI is InChI=1S/C5H7O2/c1-4(6)7-5-2-3-5/h2,5H,3H2,1H3. The van der Waals surface area contributed by atoms with Crippen LogP contribution in [0.4, 0.5) is 0 Å². The summed E-state index contributed by atoms with van der Waals surface area (Å²) in [6.45, 7) is 1.42. The van der Waals surface area contributed by atoms with Crippen LogP contribution >= 0.6 is 0 Å². The molecule has 1 fully saturated rings. The SMILES string of the molecule is CC(=O)OC1[CH]C1. The molecule has 0 bridgehead atoms. The molecule has 2 heteroatoms. The van der Waals surface area contributed by atoms with Gasteiger partial charge in [-0.05, 0) is 6.42 Å². The number of esters is 1. The maximum absolute atomic E-state index is 10.1. The molecule has 0 aromatic carbocycles. The summed E-state index contributed by atoms with van der Waals surface area (Å²) in [6.07, 6.45) is 3.04. The maximum atomic E-state index is 10.1. The molecule has 0 heterocycles.